The van der Waals surface area contributed by atoms with Crippen LogP contribution in [0.1, 0.15) is 37.2 Å². The predicted octanol–water partition coefficient (Wildman–Crippen LogP) is 4.08. The van der Waals surface area contributed by atoms with Gasteiger partial charge in [0.05, 0.1) is 10.8 Å². The molecule has 0 saturated heterocycles. The zero-order valence-electron chi connectivity index (χ0n) is 8.07. The van der Waals surface area contributed by atoms with Crippen molar-refractivity contribution in [2.24, 2.45) is 4.99 Å². The van der Waals surface area contributed by atoms with Gasteiger partial charge < -0.3 is 0 Å². The molecule has 0 aliphatic heterocycles. The first-order chi connectivity index (χ1) is 6.92. The van der Waals surface area contributed by atoms with Gasteiger partial charge in [-0.05, 0) is 42.6 Å². The molecule has 1 aliphatic carbocycles. The van der Waals surface area contributed by atoms with Gasteiger partial charge in [-0.1, -0.05) is 31.0 Å². The summed E-state index contributed by atoms with van der Waals surface area (Å²) in [4.78, 5) is 4.12. The lowest BCUT2D eigenvalue weighted by atomic mass is 9.96. The van der Waals surface area contributed by atoms with Gasteiger partial charge in [0.15, 0.2) is 0 Å². The van der Waals surface area contributed by atoms with Gasteiger partial charge in [-0.2, -0.15) is 4.99 Å². The molecule has 0 radical (unpaired) electrons. The van der Waals surface area contributed by atoms with Gasteiger partial charge in [0.2, 0.25) is 0 Å². The van der Waals surface area contributed by atoms with Gasteiger partial charge in [0, 0.05) is 0 Å². The normalized spacial score (nSPS) is 16.6. The van der Waals surface area contributed by atoms with Crippen molar-refractivity contribution in [1.82, 2.24) is 0 Å². The topological polar surface area (TPSA) is 12.4 Å². The molecule has 0 N–H and O–H groups in total. The molecule has 72 valence electrons. The second-order valence-electron chi connectivity index (χ2n) is 3.74. The van der Waals surface area contributed by atoms with E-state index < -0.39 is 0 Å². The lowest BCUT2D eigenvalue weighted by Gasteiger charge is -2.11. The Balaban J connectivity index is 2.34. The molecular weight excluding hydrogens is 190 g/mol. The van der Waals surface area contributed by atoms with Crippen LogP contribution in [0.3, 0.4) is 0 Å². The Hall–Kier alpha value is -0.980. The fourth-order valence-corrected chi connectivity index (χ4v) is 2.32. The van der Waals surface area contributed by atoms with Crippen LogP contribution in [0.15, 0.2) is 29.3 Å². The molecule has 0 bridgehead atoms. The molecule has 1 aliphatic rings. The number of hydrogen-bond acceptors (Lipinski definition) is 2. The summed E-state index contributed by atoms with van der Waals surface area (Å²) in [6.07, 6.45) is 5.29. The molecule has 1 nitrogen and oxygen atoms in total. The third-order valence-corrected chi connectivity index (χ3v) is 2.99. The number of nitrogens with zero attached hydrogens (tertiary/aromatic N) is 1. The van der Waals surface area contributed by atoms with Crippen LogP contribution in [0, 0.1) is 0 Å². The zero-order chi connectivity index (χ0) is 9.80. The summed E-state index contributed by atoms with van der Waals surface area (Å²) < 4.78 is 0. The molecule has 0 spiro atoms. The zero-order valence-corrected chi connectivity index (χ0v) is 8.89. The lowest BCUT2D eigenvalue weighted by molar-refractivity contribution is 0.724. The van der Waals surface area contributed by atoms with E-state index in [1.54, 1.807) is 0 Å². The van der Waals surface area contributed by atoms with E-state index in [4.69, 9.17) is 0 Å². The van der Waals surface area contributed by atoms with E-state index in [-0.39, 0.29) is 0 Å². The maximum absolute atomic E-state index is 4.65. The average Bonchev–Trinajstić information content (AvgIpc) is 2.72. The van der Waals surface area contributed by atoms with E-state index in [0.717, 1.165) is 5.69 Å². The average molecular weight is 203 g/mol. The number of thiocarbonyl (C=S) groups is 1. The van der Waals surface area contributed by atoms with Crippen molar-refractivity contribution >= 4 is 23.1 Å². The quantitative estimate of drug-likeness (QED) is 0.521. The number of rotatable bonds is 2. The Kier molecular flexibility index (Phi) is 3.07. The highest BCUT2D eigenvalue weighted by molar-refractivity contribution is 7.78. The van der Waals surface area contributed by atoms with E-state index in [0.29, 0.717) is 5.92 Å². The first-order valence-corrected chi connectivity index (χ1v) is 5.49. The second kappa shape index (κ2) is 4.50. The number of aliphatic imine (C=N–C) groups is 1. The summed E-state index contributed by atoms with van der Waals surface area (Å²) in [5.41, 5.74) is 2.36. The van der Waals surface area contributed by atoms with Crippen LogP contribution >= 0.6 is 12.2 Å². The van der Waals surface area contributed by atoms with Gasteiger partial charge in [-0.25, -0.2) is 0 Å². The molecule has 0 atom stereocenters. The van der Waals surface area contributed by atoms with Gasteiger partial charge in [-0.15, -0.1) is 0 Å². The molecule has 2 heteroatoms. The minimum atomic E-state index is 0.693. The van der Waals surface area contributed by atoms with Gasteiger partial charge >= 0.3 is 0 Å². The van der Waals surface area contributed by atoms with Gasteiger partial charge in [-0.3, -0.25) is 0 Å². The Labute approximate surface area is 89.9 Å². The van der Waals surface area contributed by atoms with Crippen molar-refractivity contribution in [3.63, 3.8) is 0 Å². The van der Waals surface area contributed by atoms with Crippen LogP contribution in [-0.2, 0) is 0 Å². The highest BCUT2D eigenvalue weighted by Crippen LogP contribution is 2.38. The molecule has 1 aromatic rings. The standard InChI is InChI=1S/C12H13NS/c14-9-13-12-8-4-3-7-11(12)10-5-1-2-6-10/h3-4,7-8,10H,1-2,5-6H2. The van der Waals surface area contributed by atoms with Crippen molar-refractivity contribution in [3.8, 4) is 0 Å². The lowest BCUT2D eigenvalue weighted by Crippen LogP contribution is -1.91. The van der Waals surface area contributed by atoms with Crippen LogP contribution in [0.2, 0.25) is 0 Å². The SMILES string of the molecule is S=C=Nc1ccccc1C1CCCC1. The Morgan fingerprint density at radius 3 is 2.64 bits per heavy atom. The summed E-state index contributed by atoms with van der Waals surface area (Å²) in [6.45, 7) is 0. The maximum Gasteiger partial charge on any atom is 0.0774 e. The Morgan fingerprint density at radius 1 is 1.21 bits per heavy atom. The molecule has 0 unspecified atom stereocenters. The summed E-state index contributed by atoms with van der Waals surface area (Å²) in [7, 11) is 0. The van der Waals surface area contributed by atoms with Crippen LogP contribution in [0.5, 0.6) is 0 Å². The van der Waals surface area contributed by atoms with Gasteiger partial charge in [0.25, 0.3) is 0 Å². The largest absolute Gasteiger partial charge is 0.194 e. The third kappa shape index (κ3) is 1.92. The van der Waals surface area contributed by atoms with Crippen LogP contribution in [-0.4, -0.2) is 5.16 Å². The van der Waals surface area contributed by atoms with E-state index in [9.17, 15) is 0 Å². The van der Waals surface area contributed by atoms with E-state index in [1.165, 1.54) is 31.2 Å². The number of benzene rings is 1. The molecular formula is C12H13NS. The Bertz CT molecular complexity index is 360. The first kappa shape index (κ1) is 9.57. The molecule has 0 amide bonds. The highest BCUT2D eigenvalue weighted by atomic mass is 32.1. The fourth-order valence-electron chi connectivity index (χ4n) is 2.22. The summed E-state index contributed by atoms with van der Waals surface area (Å²) in [6, 6.07) is 8.27. The van der Waals surface area contributed by atoms with Crippen LogP contribution in [0.4, 0.5) is 5.69 Å². The molecule has 0 heterocycles. The van der Waals surface area contributed by atoms with E-state index >= 15 is 0 Å². The number of isothiocyanates is 1. The maximum atomic E-state index is 4.65. The monoisotopic (exact) mass is 203 g/mol. The fraction of sp³-hybridized carbons (Fsp3) is 0.417. The van der Waals surface area contributed by atoms with Crippen molar-refractivity contribution in [1.29, 1.82) is 0 Å². The summed E-state index contributed by atoms with van der Waals surface area (Å²) in [5.74, 6) is 0.693. The highest BCUT2D eigenvalue weighted by Gasteiger charge is 2.19. The predicted molar refractivity (Wildman–Crippen MR) is 62.3 cm³/mol. The molecule has 0 aromatic heterocycles. The van der Waals surface area contributed by atoms with Crippen molar-refractivity contribution in [3.05, 3.63) is 29.8 Å². The minimum Gasteiger partial charge on any atom is -0.194 e. The van der Waals surface area contributed by atoms with Crippen LogP contribution in [0.25, 0.3) is 0 Å². The van der Waals surface area contributed by atoms with Crippen LogP contribution < -0.4 is 0 Å². The second-order valence-corrected chi connectivity index (χ2v) is 3.93. The third-order valence-electron chi connectivity index (χ3n) is 2.90. The van der Waals surface area contributed by atoms with Crippen molar-refractivity contribution < 1.29 is 0 Å². The molecule has 1 aromatic carbocycles. The van der Waals surface area contributed by atoms with Gasteiger partial charge in [0.1, 0.15) is 0 Å². The minimum absolute atomic E-state index is 0.693. The van der Waals surface area contributed by atoms with Crippen molar-refractivity contribution in [2.75, 3.05) is 0 Å². The summed E-state index contributed by atoms with van der Waals surface area (Å²) >= 11 is 4.65. The number of hydrogen-bond donors (Lipinski definition) is 0. The van der Waals surface area contributed by atoms with Crippen molar-refractivity contribution in [2.45, 2.75) is 31.6 Å². The molecule has 14 heavy (non-hydrogen) atoms. The number of para-hydroxylation sites is 1. The smallest absolute Gasteiger partial charge is 0.0774 e. The molecule has 1 saturated carbocycles. The Morgan fingerprint density at radius 2 is 1.93 bits per heavy atom. The molecule has 1 fully saturated rings. The first-order valence-electron chi connectivity index (χ1n) is 5.08. The van der Waals surface area contributed by atoms with E-state index in [2.05, 4.69) is 34.5 Å². The van der Waals surface area contributed by atoms with E-state index in [1.807, 2.05) is 12.1 Å². The summed E-state index contributed by atoms with van der Waals surface area (Å²) in [5, 5.41) is 2.46. The molecule has 2 rings (SSSR count).